The summed E-state index contributed by atoms with van der Waals surface area (Å²) in [6, 6.07) is 6.33. The summed E-state index contributed by atoms with van der Waals surface area (Å²) in [6.07, 6.45) is 4.94. The van der Waals surface area contributed by atoms with Crippen LogP contribution in [0.5, 0.6) is 5.75 Å². The second-order valence-corrected chi connectivity index (χ2v) is 6.25. The van der Waals surface area contributed by atoms with Gasteiger partial charge in [-0.2, -0.15) is 0 Å². The number of hydrogen-bond donors (Lipinski definition) is 1. The van der Waals surface area contributed by atoms with Gasteiger partial charge in [-0.3, -0.25) is 0 Å². The van der Waals surface area contributed by atoms with Crippen LogP contribution in [-0.2, 0) is 5.41 Å². The van der Waals surface area contributed by atoms with Crippen molar-refractivity contribution < 1.29 is 4.74 Å². The Labute approximate surface area is 113 Å². The largest absolute Gasteiger partial charge is 0.492 e. The highest BCUT2D eigenvalue weighted by Crippen LogP contribution is 2.51. The zero-order valence-electron chi connectivity index (χ0n) is 10.8. The molecule has 0 aromatic heterocycles. The number of ether oxygens (including phenoxy) is 1. The third kappa shape index (κ3) is 2.24. The van der Waals surface area contributed by atoms with Gasteiger partial charge in [-0.25, -0.2) is 0 Å². The van der Waals surface area contributed by atoms with Crippen LogP contribution >= 0.6 is 11.6 Å². The van der Waals surface area contributed by atoms with E-state index < -0.39 is 0 Å². The van der Waals surface area contributed by atoms with Crippen molar-refractivity contribution in [2.24, 2.45) is 11.7 Å². The lowest BCUT2D eigenvalue weighted by molar-refractivity contribution is 0.299. The molecule has 0 amide bonds. The fourth-order valence-corrected chi connectivity index (χ4v) is 2.73. The smallest absolute Gasteiger partial charge is 0.138 e. The van der Waals surface area contributed by atoms with Crippen LogP contribution in [0.1, 0.15) is 38.2 Å². The summed E-state index contributed by atoms with van der Waals surface area (Å²) in [7, 11) is 0. The summed E-state index contributed by atoms with van der Waals surface area (Å²) < 4.78 is 5.83. The average Bonchev–Trinajstić information content (AvgIpc) is 3.22. The predicted octanol–water partition coefficient (Wildman–Crippen LogP) is 3.51. The Morgan fingerprint density at radius 3 is 2.72 bits per heavy atom. The molecule has 1 unspecified atom stereocenters. The maximum atomic E-state index is 6.19. The minimum atomic E-state index is 0.169. The molecule has 2 fully saturated rings. The van der Waals surface area contributed by atoms with Gasteiger partial charge in [0.15, 0.2) is 0 Å². The van der Waals surface area contributed by atoms with Crippen molar-refractivity contribution in [3.63, 3.8) is 0 Å². The SMILES string of the molecule is CC(N)C1(c2ccc(Cl)c(OCC3CC3)c2)CC1. The Morgan fingerprint density at radius 1 is 1.44 bits per heavy atom. The Balaban J connectivity index is 1.81. The molecule has 2 N–H and O–H groups in total. The lowest BCUT2D eigenvalue weighted by Crippen LogP contribution is -2.31. The molecule has 0 bridgehead atoms. The van der Waals surface area contributed by atoms with Gasteiger partial charge in [-0.1, -0.05) is 17.7 Å². The van der Waals surface area contributed by atoms with E-state index in [1.807, 2.05) is 6.07 Å². The summed E-state index contributed by atoms with van der Waals surface area (Å²) >= 11 is 6.19. The van der Waals surface area contributed by atoms with Crippen molar-refractivity contribution in [1.29, 1.82) is 0 Å². The van der Waals surface area contributed by atoms with Gasteiger partial charge in [0.05, 0.1) is 11.6 Å². The van der Waals surface area contributed by atoms with Gasteiger partial charge in [0, 0.05) is 11.5 Å². The summed E-state index contributed by atoms with van der Waals surface area (Å²) in [5.41, 5.74) is 7.57. The van der Waals surface area contributed by atoms with E-state index in [2.05, 4.69) is 19.1 Å². The molecule has 2 saturated carbocycles. The predicted molar refractivity (Wildman–Crippen MR) is 74.2 cm³/mol. The molecule has 0 saturated heterocycles. The second-order valence-electron chi connectivity index (χ2n) is 5.84. The average molecular weight is 266 g/mol. The zero-order valence-corrected chi connectivity index (χ0v) is 11.5. The maximum absolute atomic E-state index is 6.19. The highest BCUT2D eigenvalue weighted by atomic mass is 35.5. The molecule has 0 heterocycles. The van der Waals surface area contributed by atoms with Crippen molar-refractivity contribution in [1.82, 2.24) is 0 Å². The number of hydrogen-bond acceptors (Lipinski definition) is 2. The summed E-state index contributed by atoms with van der Waals surface area (Å²) in [6.45, 7) is 2.89. The monoisotopic (exact) mass is 265 g/mol. The first kappa shape index (κ1) is 12.3. The molecule has 1 aromatic rings. The summed E-state index contributed by atoms with van der Waals surface area (Å²) in [5.74, 6) is 1.57. The van der Waals surface area contributed by atoms with Gasteiger partial charge < -0.3 is 10.5 Å². The van der Waals surface area contributed by atoms with Crippen LogP contribution in [0.25, 0.3) is 0 Å². The molecule has 0 aliphatic heterocycles. The van der Waals surface area contributed by atoms with Crippen LogP contribution in [0.15, 0.2) is 18.2 Å². The van der Waals surface area contributed by atoms with E-state index in [4.69, 9.17) is 22.1 Å². The Hall–Kier alpha value is -0.730. The van der Waals surface area contributed by atoms with Crippen LogP contribution in [0.3, 0.4) is 0 Å². The van der Waals surface area contributed by atoms with Crippen LogP contribution in [0.2, 0.25) is 5.02 Å². The molecule has 1 atom stereocenters. The van der Waals surface area contributed by atoms with E-state index >= 15 is 0 Å². The number of benzene rings is 1. The van der Waals surface area contributed by atoms with Gasteiger partial charge in [-0.05, 0) is 56.2 Å². The van der Waals surface area contributed by atoms with Crippen LogP contribution in [-0.4, -0.2) is 12.6 Å². The second kappa shape index (κ2) is 4.43. The molecule has 2 aliphatic rings. The Kier molecular flexibility index (Phi) is 3.03. The van der Waals surface area contributed by atoms with Gasteiger partial charge in [0.2, 0.25) is 0 Å². The molecule has 18 heavy (non-hydrogen) atoms. The molecule has 3 rings (SSSR count). The third-order valence-corrected chi connectivity index (χ3v) is 4.65. The molecule has 2 nitrogen and oxygen atoms in total. The van der Waals surface area contributed by atoms with Gasteiger partial charge >= 0.3 is 0 Å². The van der Waals surface area contributed by atoms with Crippen LogP contribution in [0.4, 0.5) is 0 Å². The standard InChI is InChI=1S/C15H20ClNO/c1-10(17)15(6-7-15)12-4-5-13(16)14(8-12)18-9-11-2-3-11/h4-5,8,10-11H,2-3,6-7,9,17H2,1H3. The molecule has 0 radical (unpaired) electrons. The topological polar surface area (TPSA) is 35.2 Å². The first-order valence-electron chi connectivity index (χ1n) is 6.80. The zero-order chi connectivity index (χ0) is 12.8. The minimum Gasteiger partial charge on any atom is -0.492 e. The molecule has 3 heteroatoms. The van der Waals surface area contributed by atoms with E-state index in [-0.39, 0.29) is 11.5 Å². The molecular weight excluding hydrogens is 246 g/mol. The minimum absolute atomic E-state index is 0.169. The number of rotatable bonds is 5. The molecule has 1 aromatic carbocycles. The normalized spacial score (nSPS) is 22.6. The summed E-state index contributed by atoms with van der Waals surface area (Å²) in [4.78, 5) is 0. The van der Waals surface area contributed by atoms with Crippen molar-refractivity contribution >= 4 is 11.6 Å². The molecule has 0 spiro atoms. The van der Waals surface area contributed by atoms with Crippen molar-refractivity contribution in [2.45, 2.75) is 44.1 Å². The first-order chi connectivity index (χ1) is 8.62. The molecule has 98 valence electrons. The van der Waals surface area contributed by atoms with Crippen molar-refractivity contribution in [3.05, 3.63) is 28.8 Å². The first-order valence-corrected chi connectivity index (χ1v) is 7.18. The third-order valence-electron chi connectivity index (χ3n) is 4.34. The quantitative estimate of drug-likeness (QED) is 0.884. The number of nitrogens with two attached hydrogens (primary N) is 1. The van der Waals surface area contributed by atoms with E-state index in [9.17, 15) is 0 Å². The highest BCUT2D eigenvalue weighted by molar-refractivity contribution is 6.32. The van der Waals surface area contributed by atoms with Gasteiger partial charge in [0.25, 0.3) is 0 Å². The van der Waals surface area contributed by atoms with E-state index in [0.717, 1.165) is 18.3 Å². The van der Waals surface area contributed by atoms with Gasteiger partial charge in [-0.15, -0.1) is 0 Å². The summed E-state index contributed by atoms with van der Waals surface area (Å²) in [5, 5.41) is 0.708. The highest BCUT2D eigenvalue weighted by Gasteiger charge is 2.47. The van der Waals surface area contributed by atoms with E-state index in [1.54, 1.807) is 0 Å². The van der Waals surface area contributed by atoms with Crippen LogP contribution < -0.4 is 10.5 Å². The van der Waals surface area contributed by atoms with E-state index in [1.165, 1.54) is 31.2 Å². The lowest BCUT2D eigenvalue weighted by atomic mass is 9.89. The van der Waals surface area contributed by atoms with E-state index in [0.29, 0.717) is 5.02 Å². The Morgan fingerprint density at radius 2 is 2.17 bits per heavy atom. The van der Waals surface area contributed by atoms with Gasteiger partial charge in [0.1, 0.15) is 5.75 Å². The fraction of sp³-hybridized carbons (Fsp3) is 0.600. The molecule has 2 aliphatic carbocycles. The fourth-order valence-electron chi connectivity index (χ4n) is 2.56. The van der Waals surface area contributed by atoms with Crippen molar-refractivity contribution in [3.8, 4) is 5.75 Å². The maximum Gasteiger partial charge on any atom is 0.138 e. The number of halogens is 1. The van der Waals surface area contributed by atoms with Crippen molar-refractivity contribution in [2.75, 3.05) is 6.61 Å². The Bertz CT molecular complexity index is 450. The molecular formula is C15H20ClNO. The lowest BCUT2D eigenvalue weighted by Gasteiger charge is -2.21. The van der Waals surface area contributed by atoms with Crippen LogP contribution in [0, 0.1) is 5.92 Å².